The molecule has 1 aromatic heterocycles. The van der Waals surface area contributed by atoms with Crippen molar-refractivity contribution in [1.82, 2.24) is 9.97 Å². The van der Waals surface area contributed by atoms with E-state index in [1.165, 1.54) is 12.1 Å². The van der Waals surface area contributed by atoms with Crippen LogP contribution in [0.25, 0.3) is 0 Å². The summed E-state index contributed by atoms with van der Waals surface area (Å²) in [6.07, 6.45) is 1.05. The number of phenolic OH excluding ortho intramolecular Hbond substituents is 1. The Morgan fingerprint density at radius 1 is 0.906 bits per heavy atom. The first-order valence-electron chi connectivity index (χ1n) is 9.49. The molecule has 0 saturated heterocycles. The van der Waals surface area contributed by atoms with Gasteiger partial charge in [0.05, 0.1) is 6.20 Å². The average Bonchev–Trinajstić information content (AvgIpc) is 2.78. The molecule has 0 aliphatic heterocycles. The third-order valence-corrected chi connectivity index (χ3v) is 4.59. The van der Waals surface area contributed by atoms with Gasteiger partial charge in [0.15, 0.2) is 11.6 Å². The van der Waals surface area contributed by atoms with Crippen LogP contribution in [0.5, 0.6) is 5.75 Å². The molecule has 3 aromatic carbocycles. The topological polar surface area (TPSA) is 99.2 Å². The minimum Gasteiger partial charge on any atom is -0.508 e. The molecule has 0 atom stereocenters. The van der Waals surface area contributed by atoms with E-state index in [4.69, 9.17) is 11.6 Å². The van der Waals surface area contributed by atoms with E-state index in [1.54, 1.807) is 60.7 Å². The van der Waals surface area contributed by atoms with Gasteiger partial charge in [0.2, 0.25) is 5.95 Å². The molecule has 0 fully saturated rings. The molecule has 160 valence electrons. The highest BCUT2D eigenvalue weighted by Crippen LogP contribution is 2.22. The predicted octanol–water partition coefficient (Wildman–Crippen LogP) is 5.71. The average molecular weight is 450 g/mol. The van der Waals surface area contributed by atoms with Crippen LogP contribution in [0, 0.1) is 5.82 Å². The fourth-order valence-electron chi connectivity index (χ4n) is 2.80. The third-order valence-electron chi connectivity index (χ3n) is 4.36. The van der Waals surface area contributed by atoms with E-state index >= 15 is 0 Å². The number of amides is 1. The van der Waals surface area contributed by atoms with E-state index in [2.05, 4.69) is 25.9 Å². The van der Waals surface area contributed by atoms with Gasteiger partial charge in [-0.15, -0.1) is 0 Å². The molecule has 0 aliphatic carbocycles. The van der Waals surface area contributed by atoms with Gasteiger partial charge in [-0.1, -0.05) is 17.7 Å². The van der Waals surface area contributed by atoms with Crippen molar-refractivity contribution in [1.29, 1.82) is 0 Å². The Morgan fingerprint density at radius 2 is 1.59 bits per heavy atom. The summed E-state index contributed by atoms with van der Waals surface area (Å²) in [6.45, 7) is 0. The number of aromatic nitrogens is 2. The molecule has 0 spiro atoms. The summed E-state index contributed by atoms with van der Waals surface area (Å²) in [4.78, 5) is 20.5. The maximum atomic E-state index is 14.2. The van der Waals surface area contributed by atoms with Gasteiger partial charge in [0, 0.05) is 27.6 Å². The fourth-order valence-corrected chi connectivity index (χ4v) is 2.99. The standard InChI is InChI=1S/C23H17ClFN5O2/c24-15-2-1-3-18(12-15)28-22(32)14-4-6-16(7-5-14)27-21-20(25)13-26-23(30-21)29-17-8-10-19(31)11-9-17/h1-13,31H,(H,28,32)(H2,26,27,29,30). The molecule has 0 unspecified atom stereocenters. The van der Waals surface area contributed by atoms with Gasteiger partial charge in [-0.3, -0.25) is 4.79 Å². The highest BCUT2D eigenvalue weighted by Gasteiger charge is 2.10. The van der Waals surface area contributed by atoms with Crippen molar-refractivity contribution in [2.45, 2.75) is 0 Å². The molecular formula is C23H17ClFN5O2. The van der Waals surface area contributed by atoms with Crippen LogP contribution >= 0.6 is 11.6 Å². The summed E-state index contributed by atoms with van der Waals surface area (Å²) < 4.78 is 14.2. The number of carbonyl (C=O) groups excluding carboxylic acids is 1. The van der Waals surface area contributed by atoms with E-state index in [0.29, 0.717) is 27.6 Å². The molecule has 0 aliphatic rings. The first kappa shape index (κ1) is 21.1. The maximum Gasteiger partial charge on any atom is 0.255 e. The first-order valence-corrected chi connectivity index (χ1v) is 9.87. The summed E-state index contributed by atoms with van der Waals surface area (Å²) >= 11 is 5.93. The summed E-state index contributed by atoms with van der Waals surface area (Å²) in [7, 11) is 0. The second-order valence-corrected chi connectivity index (χ2v) is 7.17. The monoisotopic (exact) mass is 449 g/mol. The Bertz CT molecular complexity index is 1250. The lowest BCUT2D eigenvalue weighted by molar-refractivity contribution is 0.102. The molecular weight excluding hydrogens is 433 g/mol. The number of phenols is 1. The second kappa shape index (κ2) is 9.32. The highest BCUT2D eigenvalue weighted by atomic mass is 35.5. The molecule has 4 aromatic rings. The van der Waals surface area contributed by atoms with Crippen LogP contribution in [0.1, 0.15) is 10.4 Å². The quantitative estimate of drug-likeness (QED) is 0.281. The smallest absolute Gasteiger partial charge is 0.255 e. The zero-order chi connectivity index (χ0) is 22.5. The van der Waals surface area contributed by atoms with Crippen LogP contribution in [0.4, 0.5) is 33.2 Å². The van der Waals surface area contributed by atoms with Crippen LogP contribution < -0.4 is 16.0 Å². The predicted molar refractivity (Wildman–Crippen MR) is 123 cm³/mol. The molecule has 1 amide bonds. The largest absolute Gasteiger partial charge is 0.508 e. The first-order chi connectivity index (χ1) is 15.5. The van der Waals surface area contributed by atoms with Gasteiger partial charge in [-0.25, -0.2) is 9.37 Å². The maximum absolute atomic E-state index is 14.2. The summed E-state index contributed by atoms with van der Waals surface area (Å²) in [5.74, 6) is -0.659. The van der Waals surface area contributed by atoms with E-state index < -0.39 is 5.82 Å². The molecule has 0 saturated carbocycles. The zero-order valence-electron chi connectivity index (χ0n) is 16.5. The Hall–Kier alpha value is -4.17. The van der Waals surface area contributed by atoms with Crippen molar-refractivity contribution in [3.8, 4) is 5.75 Å². The lowest BCUT2D eigenvalue weighted by Gasteiger charge is -2.10. The number of nitrogens with zero attached hydrogens (tertiary/aromatic N) is 2. The van der Waals surface area contributed by atoms with Gasteiger partial charge in [-0.2, -0.15) is 4.98 Å². The Balaban J connectivity index is 1.44. The van der Waals surface area contributed by atoms with Gasteiger partial charge in [0.1, 0.15) is 5.75 Å². The van der Waals surface area contributed by atoms with Crippen LogP contribution in [-0.4, -0.2) is 21.0 Å². The second-order valence-electron chi connectivity index (χ2n) is 6.73. The minimum atomic E-state index is -0.635. The van der Waals surface area contributed by atoms with Crippen molar-refractivity contribution in [3.63, 3.8) is 0 Å². The minimum absolute atomic E-state index is 0.0302. The van der Waals surface area contributed by atoms with Crippen LogP contribution in [-0.2, 0) is 0 Å². The lowest BCUT2D eigenvalue weighted by Crippen LogP contribution is -2.11. The Morgan fingerprint density at radius 3 is 2.31 bits per heavy atom. The summed E-state index contributed by atoms with van der Waals surface area (Å²) in [6, 6.07) is 19.6. The number of anilines is 5. The fraction of sp³-hybridized carbons (Fsp3) is 0. The zero-order valence-corrected chi connectivity index (χ0v) is 17.3. The van der Waals surface area contributed by atoms with Crippen LogP contribution in [0.15, 0.2) is 79.0 Å². The Kier molecular flexibility index (Phi) is 6.14. The van der Waals surface area contributed by atoms with Crippen molar-refractivity contribution in [2.24, 2.45) is 0 Å². The SMILES string of the molecule is O=C(Nc1cccc(Cl)c1)c1ccc(Nc2nc(Nc3ccc(O)cc3)ncc2F)cc1. The van der Waals surface area contributed by atoms with Crippen molar-refractivity contribution in [2.75, 3.05) is 16.0 Å². The molecule has 4 N–H and O–H groups in total. The number of aromatic hydroxyl groups is 1. The Labute approximate surface area is 187 Å². The molecule has 4 rings (SSSR count). The van der Waals surface area contributed by atoms with Gasteiger partial charge < -0.3 is 21.1 Å². The lowest BCUT2D eigenvalue weighted by atomic mass is 10.2. The molecule has 7 nitrogen and oxygen atoms in total. The highest BCUT2D eigenvalue weighted by molar-refractivity contribution is 6.31. The normalized spacial score (nSPS) is 10.4. The van der Waals surface area contributed by atoms with Crippen molar-refractivity contribution < 1.29 is 14.3 Å². The third kappa shape index (κ3) is 5.30. The van der Waals surface area contributed by atoms with E-state index in [0.717, 1.165) is 6.20 Å². The van der Waals surface area contributed by atoms with E-state index in [1.807, 2.05) is 0 Å². The molecule has 0 radical (unpaired) electrons. The number of hydrogen-bond acceptors (Lipinski definition) is 6. The van der Waals surface area contributed by atoms with Crippen LogP contribution in [0.3, 0.4) is 0 Å². The van der Waals surface area contributed by atoms with Crippen molar-refractivity contribution >= 4 is 46.3 Å². The number of hydrogen-bond donors (Lipinski definition) is 4. The number of nitrogens with one attached hydrogen (secondary N) is 3. The van der Waals surface area contributed by atoms with E-state index in [-0.39, 0.29) is 23.4 Å². The van der Waals surface area contributed by atoms with Crippen molar-refractivity contribution in [3.05, 3.63) is 95.4 Å². The molecule has 1 heterocycles. The molecule has 32 heavy (non-hydrogen) atoms. The summed E-state index contributed by atoms with van der Waals surface area (Å²) in [5, 5.41) is 18.5. The van der Waals surface area contributed by atoms with Gasteiger partial charge in [-0.05, 0) is 66.7 Å². The number of benzene rings is 3. The number of carbonyl (C=O) groups is 1. The number of halogens is 2. The molecule has 9 heteroatoms. The van der Waals surface area contributed by atoms with Crippen LogP contribution in [0.2, 0.25) is 5.02 Å². The van der Waals surface area contributed by atoms with Gasteiger partial charge >= 0.3 is 0 Å². The molecule has 0 bridgehead atoms. The number of rotatable bonds is 6. The van der Waals surface area contributed by atoms with Gasteiger partial charge in [0.25, 0.3) is 5.91 Å². The van der Waals surface area contributed by atoms with E-state index in [9.17, 15) is 14.3 Å². The summed E-state index contributed by atoms with van der Waals surface area (Å²) in [5.41, 5.74) is 2.18.